The van der Waals surface area contributed by atoms with Crippen LogP contribution >= 0.6 is 23.4 Å². The Balaban J connectivity index is 1.61. The predicted octanol–water partition coefficient (Wildman–Crippen LogP) is 5.08. The first-order chi connectivity index (χ1) is 17.4. The standard InChI is InChI=1S/C26H33ClFN5O3S/c1-14-11-32(8-9-33(14)23-20-15(2)37-12-19(20)29-13-30-23)24(34)22(31-25(35)36)21(26(3,4)5)16-6-7-17(27)18(28)10-16/h6-7,10,13-15,21-22,31H,8-9,11-12H2,1-5H3,(H,35,36)/t14-,15-,21+,22?/m0/s1. The Morgan fingerprint density at radius 3 is 2.59 bits per heavy atom. The molecule has 0 radical (unpaired) electrons. The number of nitrogens with zero attached hydrogens (tertiary/aromatic N) is 4. The molecule has 2 N–H and O–H groups in total. The third-order valence-corrected chi connectivity index (χ3v) is 8.63. The molecule has 2 aliphatic rings. The second-order valence-corrected chi connectivity index (χ2v) is 12.5. The van der Waals surface area contributed by atoms with Crippen LogP contribution in [0.2, 0.25) is 5.02 Å². The van der Waals surface area contributed by atoms with Crippen molar-refractivity contribution in [2.45, 2.75) is 63.6 Å². The number of carbonyl (C=O) groups excluding carboxylic acids is 1. The van der Waals surface area contributed by atoms with E-state index in [1.807, 2.05) is 39.5 Å². The molecule has 4 rings (SSSR count). The van der Waals surface area contributed by atoms with Gasteiger partial charge in [0, 0.05) is 48.2 Å². The van der Waals surface area contributed by atoms with Gasteiger partial charge in [-0.15, -0.1) is 11.8 Å². The molecule has 11 heteroatoms. The number of carbonyl (C=O) groups is 2. The molecule has 3 heterocycles. The molecular formula is C26H33ClFN5O3S. The highest BCUT2D eigenvalue weighted by molar-refractivity contribution is 7.99. The van der Waals surface area contributed by atoms with E-state index < -0.39 is 29.3 Å². The van der Waals surface area contributed by atoms with Gasteiger partial charge in [0.15, 0.2) is 0 Å². The third kappa shape index (κ3) is 5.65. The first-order valence-electron chi connectivity index (χ1n) is 12.3. The summed E-state index contributed by atoms with van der Waals surface area (Å²) >= 11 is 7.73. The second-order valence-electron chi connectivity index (χ2n) is 10.8. The summed E-state index contributed by atoms with van der Waals surface area (Å²) in [5.41, 5.74) is 2.16. The monoisotopic (exact) mass is 549 g/mol. The lowest BCUT2D eigenvalue weighted by atomic mass is 9.71. The highest BCUT2D eigenvalue weighted by Gasteiger charge is 2.42. The number of anilines is 1. The number of nitrogens with one attached hydrogen (secondary N) is 1. The van der Waals surface area contributed by atoms with E-state index >= 15 is 0 Å². The Labute approximate surface area is 226 Å². The van der Waals surface area contributed by atoms with Gasteiger partial charge in [-0.3, -0.25) is 4.79 Å². The van der Waals surface area contributed by atoms with Crippen LogP contribution in [0.1, 0.15) is 62.6 Å². The minimum Gasteiger partial charge on any atom is -0.465 e. The van der Waals surface area contributed by atoms with Crippen molar-refractivity contribution in [3.05, 3.63) is 52.2 Å². The molecule has 1 fully saturated rings. The molecule has 0 bridgehead atoms. The Kier molecular flexibility index (Phi) is 7.90. The molecule has 37 heavy (non-hydrogen) atoms. The predicted molar refractivity (Wildman–Crippen MR) is 144 cm³/mol. The fourth-order valence-electron chi connectivity index (χ4n) is 5.46. The fourth-order valence-corrected chi connectivity index (χ4v) is 6.62. The molecule has 2 aliphatic heterocycles. The molecule has 200 valence electrons. The van der Waals surface area contributed by atoms with Crippen LogP contribution in [0.25, 0.3) is 0 Å². The van der Waals surface area contributed by atoms with Crippen molar-refractivity contribution in [1.82, 2.24) is 20.2 Å². The van der Waals surface area contributed by atoms with Crippen LogP contribution in [0.3, 0.4) is 0 Å². The maximum absolute atomic E-state index is 14.4. The molecule has 1 aromatic heterocycles. The minimum absolute atomic E-state index is 0.0284. The molecule has 0 spiro atoms. The number of hydrogen-bond donors (Lipinski definition) is 2. The van der Waals surface area contributed by atoms with Crippen LogP contribution in [0.5, 0.6) is 0 Å². The first kappa shape index (κ1) is 27.4. The van der Waals surface area contributed by atoms with Gasteiger partial charge in [0.05, 0.1) is 10.7 Å². The molecule has 0 saturated carbocycles. The number of carboxylic acid groups (broad SMARTS) is 1. The zero-order valence-electron chi connectivity index (χ0n) is 21.7. The minimum atomic E-state index is -1.31. The van der Waals surface area contributed by atoms with Crippen LogP contribution < -0.4 is 10.2 Å². The van der Waals surface area contributed by atoms with E-state index in [9.17, 15) is 19.1 Å². The van der Waals surface area contributed by atoms with E-state index in [1.54, 1.807) is 17.3 Å². The van der Waals surface area contributed by atoms with Gasteiger partial charge >= 0.3 is 6.09 Å². The number of benzene rings is 1. The summed E-state index contributed by atoms with van der Waals surface area (Å²) in [6, 6.07) is 3.24. The SMILES string of the molecule is C[C@@H]1SCc2ncnc(N3CCN(C(=O)C(NC(=O)O)[C@@H](c4ccc(Cl)c(F)c4)C(C)(C)C)C[C@@H]3C)c21. The lowest BCUT2D eigenvalue weighted by Crippen LogP contribution is -2.60. The number of piperazine rings is 1. The van der Waals surface area contributed by atoms with Gasteiger partial charge in [0.1, 0.15) is 24.0 Å². The smallest absolute Gasteiger partial charge is 0.405 e. The largest absolute Gasteiger partial charge is 0.465 e. The number of rotatable bonds is 5. The molecule has 4 atom stereocenters. The van der Waals surface area contributed by atoms with Crippen LogP contribution in [0.15, 0.2) is 24.5 Å². The summed E-state index contributed by atoms with van der Waals surface area (Å²) in [4.78, 5) is 38.7. The average molecular weight is 550 g/mol. The van der Waals surface area contributed by atoms with Gasteiger partial charge in [-0.05, 0) is 37.0 Å². The van der Waals surface area contributed by atoms with Crippen LogP contribution in [0, 0.1) is 11.2 Å². The van der Waals surface area contributed by atoms with E-state index in [2.05, 4.69) is 27.1 Å². The zero-order valence-corrected chi connectivity index (χ0v) is 23.2. The highest BCUT2D eigenvalue weighted by atomic mass is 35.5. The Morgan fingerprint density at radius 1 is 1.24 bits per heavy atom. The normalized spacial score (nSPS) is 21.4. The summed E-state index contributed by atoms with van der Waals surface area (Å²) in [6.07, 6.45) is 0.292. The van der Waals surface area contributed by atoms with E-state index in [0.29, 0.717) is 30.4 Å². The number of aromatic nitrogens is 2. The summed E-state index contributed by atoms with van der Waals surface area (Å²) in [6.45, 7) is 11.3. The third-order valence-electron chi connectivity index (χ3n) is 7.15. The molecule has 1 aromatic carbocycles. The molecule has 0 aliphatic carbocycles. The molecular weight excluding hydrogens is 517 g/mol. The van der Waals surface area contributed by atoms with Gasteiger partial charge < -0.3 is 20.2 Å². The second kappa shape index (κ2) is 10.6. The summed E-state index contributed by atoms with van der Waals surface area (Å²) < 4.78 is 14.4. The van der Waals surface area contributed by atoms with Crippen molar-refractivity contribution in [1.29, 1.82) is 0 Å². The summed E-state index contributed by atoms with van der Waals surface area (Å²) in [5, 5.41) is 12.4. The zero-order chi connectivity index (χ0) is 27.1. The maximum Gasteiger partial charge on any atom is 0.405 e. The summed E-state index contributed by atoms with van der Waals surface area (Å²) in [7, 11) is 0. The van der Waals surface area contributed by atoms with Gasteiger partial charge in [0.2, 0.25) is 5.91 Å². The van der Waals surface area contributed by atoms with Crippen molar-refractivity contribution in [3.8, 4) is 0 Å². The van der Waals surface area contributed by atoms with Gasteiger partial charge in [-0.2, -0.15) is 0 Å². The van der Waals surface area contributed by atoms with Gasteiger partial charge in [0.25, 0.3) is 0 Å². The topological polar surface area (TPSA) is 98.7 Å². The van der Waals surface area contributed by atoms with Crippen LogP contribution in [-0.2, 0) is 10.5 Å². The summed E-state index contributed by atoms with van der Waals surface area (Å²) in [5.74, 6) is 0.203. The lowest BCUT2D eigenvalue weighted by Gasteiger charge is -2.44. The van der Waals surface area contributed by atoms with E-state index in [0.717, 1.165) is 22.8 Å². The van der Waals surface area contributed by atoms with Crippen molar-refractivity contribution in [2.75, 3.05) is 24.5 Å². The number of hydrogen-bond acceptors (Lipinski definition) is 6. The number of amides is 2. The molecule has 1 saturated heterocycles. The van der Waals surface area contributed by atoms with Crippen molar-refractivity contribution in [3.63, 3.8) is 0 Å². The van der Waals surface area contributed by atoms with Crippen LogP contribution in [-0.4, -0.2) is 63.7 Å². The number of halogens is 2. The van der Waals surface area contributed by atoms with Gasteiger partial charge in [-0.1, -0.05) is 38.4 Å². The Morgan fingerprint density at radius 2 is 1.97 bits per heavy atom. The number of thioether (sulfide) groups is 1. The Bertz CT molecular complexity index is 1190. The average Bonchev–Trinajstić information content (AvgIpc) is 3.20. The lowest BCUT2D eigenvalue weighted by molar-refractivity contribution is -0.135. The van der Waals surface area contributed by atoms with Crippen LogP contribution in [0.4, 0.5) is 15.0 Å². The number of fused-ring (bicyclic) bond motifs is 1. The molecule has 1 unspecified atom stereocenters. The van der Waals surface area contributed by atoms with E-state index in [4.69, 9.17) is 11.6 Å². The fraction of sp³-hybridized carbons (Fsp3) is 0.538. The van der Waals surface area contributed by atoms with Crippen molar-refractivity contribution >= 4 is 41.2 Å². The first-order valence-corrected chi connectivity index (χ1v) is 13.8. The quantitative estimate of drug-likeness (QED) is 0.536. The maximum atomic E-state index is 14.4. The molecule has 2 amide bonds. The Hall–Kier alpha value is -2.59. The highest BCUT2D eigenvalue weighted by Crippen LogP contribution is 2.45. The van der Waals surface area contributed by atoms with Gasteiger partial charge in [-0.25, -0.2) is 19.2 Å². The van der Waals surface area contributed by atoms with E-state index in [1.165, 1.54) is 12.1 Å². The van der Waals surface area contributed by atoms with Crippen molar-refractivity contribution < 1.29 is 19.1 Å². The van der Waals surface area contributed by atoms with Crippen molar-refractivity contribution in [2.24, 2.45) is 5.41 Å². The molecule has 8 nitrogen and oxygen atoms in total. The van der Waals surface area contributed by atoms with E-state index in [-0.39, 0.29) is 17.0 Å². The molecule has 2 aromatic rings.